The van der Waals surface area contributed by atoms with Gasteiger partial charge in [0.2, 0.25) is 0 Å². The number of rotatable bonds is 2. The Bertz CT molecular complexity index is 204. The van der Waals surface area contributed by atoms with Gasteiger partial charge in [0.05, 0.1) is 6.26 Å². The zero-order chi connectivity index (χ0) is 10.3. The summed E-state index contributed by atoms with van der Waals surface area (Å²) in [5, 5.41) is 0. The summed E-state index contributed by atoms with van der Waals surface area (Å²) in [5.74, 6) is 0. The second-order valence-electron chi connectivity index (χ2n) is 3.28. The van der Waals surface area contributed by atoms with E-state index in [9.17, 15) is 0 Å². The molecule has 3 nitrogen and oxygen atoms in total. The van der Waals surface area contributed by atoms with Crippen molar-refractivity contribution in [1.29, 1.82) is 0 Å². The summed E-state index contributed by atoms with van der Waals surface area (Å²) >= 11 is 0. The van der Waals surface area contributed by atoms with Crippen molar-refractivity contribution < 1.29 is 14.3 Å². The van der Waals surface area contributed by atoms with Gasteiger partial charge in [0.15, 0.2) is 0 Å². The zero-order valence-electron chi connectivity index (χ0n) is 8.37. The zero-order valence-corrected chi connectivity index (χ0v) is 8.37. The van der Waals surface area contributed by atoms with Gasteiger partial charge < -0.3 is 4.74 Å². The normalized spacial score (nSPS) is 29.9. The smallest absolute Gasteiger partial charge is 0.373 e. The average Bonchev–Trinajstić information content (AvgIpc) is 2.49. The summed E-state index contributed by atoms with van der Waals surface area (Å²) in [7, 11) is 0. The minimum Gasteiger partial charge on any atom is -0.497 e. The molecule has 0 radical (unpaired) electrons. The lowest BCUT2D eigenvalue weighted by Crippen LogP contribution is -2.26. The Hall–Kier alpha value is -1.08. The first-order valence-electron chi connectivity index (χ1n) is 4.47. The molecule has 0 bridgehead atoms. The molecule has 1 heterocycles. The summed E-state index contributed by atoms with van der Waals surface area (Å²) in [6.07, 6.45) is 6.97. The molecule has 74 valence electrons. The molecule has 0 amide bonds. The quantitative estimate of drug-likeness (QED) is 0.660. The molecule has 0 saturated heterocycles. The average molecular weight is 184 g/mol. The molecule has 3 heteroatoms. The van der Waals surface area contributed by atoms with Crippen LogP contribution in [0.25, 0.3) is 0 Å². The largest absolute Gasteiger partial charge is 0.497 e. The molecule has 2 unspecified atom stereocenters. The van der Waals surface area contributed by atoms with Gasteiger partial charge in [-0.05, 0) is 18.9 Å². The molecule has 0 fully saturated rings. The maximum atomic E-state index is 8.12. The molecule has 1 aliphatic rings. The molecule has 2 atom stereocenters. The van der Waals surface area contributed by atoms with Gasteiger partial charge in [-0.25, -0.2) is 0 Å². The monoisotopic (exact) mass is 184 g/mol. The van der Waals surface area contributed by atoms with Crippen molar-refractivity contribution in [3.05, 3.63) is 12.3 Å². The van der Waals surface area contributed by atoms with E-state index in [1.807, 2.05) is 6.26 Å². The van der Waals surface area contributed by atoms with Gasteiger partial charge in [-0.3, -0.25) is 0 Å². The van der Waals surface area contributed by atoms with Crippen molar-refractivity contribution in [3.8, 4) is 0 Å². The van der Waals surface area contributed by atoms with Crippen molar-refractivity contribution in [1.82, 2.24) is 0 Å². The lowest BCUT2D eigenvalue weighted by Gasteiger charge is -2.26. The highest BCUT2D eigenvalue weighted by Gasteiger charge is 2.33. The van der Waals surface area contributed by atoms with Gasteiger partial charge in [-0.2, -0.15) is 9.59 Å². The SMILES string of the molecule is CCC1OC=CC1(C)CC.O=C=O. The van der Waals surface area contributed by atoms with Crippen LogP contribution in [-0.2, 0) is 14.3 Å². The first-order chi connectivity index (χ1) is 6.14. The second-order valence-corrected chi connectivity index (χ2v) is 3.28. The van der Waals surface area contributed by atoms with E-state index in [0.29, 0.717) is 11.5 Å². The topological polar surface area (TPSA) is 43.4 Å². The molecule has 0 saturated carbocycles. The maximum absolute atomic E-state index is 8.12. The molecule has 0 aromatic rings. The predicted octanol–water partition coefficient (Wildman–Crippen LogP) is 2.14. The Morgan fingerprint density at radius 1 is 1.46 bits per heavy atom. The first kappa shape index (κ1) is 11.9. The molecular formula is C10H16O3. The van der Waals surface area contributed by atoms with Crippen LogP contribution >= 0.6 is 0 Å². The standard InChI is InChI=1S/C9H16O.CO2/c1-4-8-9(3,5-2)6-7-10-8;2-1-3/h6-8H,4-5H2,1-3H3;. The van der Waals surface area contributed by atoms with E-state index in [4.69, 9.17) is 14.3 Å². The molecule has 0 spiro atoms. The highest BCUT2D eigenvalue weighted by atomic mass is 16.5. The molecule has 13 heavy (non-hydrogen) atoms. The van der Waals surface area contributed by atoms with E-state index in [0.717, 1.165) is 6.42 Å². The van der Waals surface area contributed by atoms with Crippen LogP contribution in [0.2, 0.25) is 0 Å². The number of hydrogen-bond acceptors (Lipinski definition) is 3. The second kappa shape index (κ2) is 5.55. The van der Waals surface area contributed by atoms with E-state index in [1.54, 1.807) is 0 Å². The van der Waals surface area contributed by atoms with Crippen LogP contribution in [0.5, 0.6) is 0 Å². The summed E-state index contributed by atoms with van der Waals surface area (Å²) in [6.45, 7) is 6.64. The molecule has 1 rings (SSSR count). The van der Waals surface area contributed by atoms with Crippen molar-refractivity contribution in [2.45, 2.75) is 39.7 Å². The number of ether oxygens (including phenoxy) is 1. The van der Waals surface area contributed by atoms with Crippen LogP contribution in [0.15, 0.2) is 12.3 Å². The maximum Gasteiger partial charge on any atom is 0.373 e. The highest BCUT2D eigenvalue weighted by Crippen LogP contribution is 2.36. The van der Waals surface area contributed by atoms with E-state index >= 15 is 0 Å². The van der Waals surface area contributed by atoms with Crippen LogP contribution < -0.4 is 0 Å². The van der Waals surface area contributed by atoms with Gasteiger partial charge in [0.25, 0.3) is 0 Å². The Balaban J connectivity index is 0.000000424. The molecule has 0 aromatic heterocycles. The summed E-state index contributed by atoms with van der Waals surface area (Å²) in [5.41, 5.74) is 0.300. The van der Waals surface area contributed by atoms with Gasteiger partial charge in [-0.1, -0.05) is 20.8 Å². The number of hydrogen-bond donors (Lipinski definition) is 0. The fraction of sp³-hybridized carbons (Fsp3) is 0.700. The molecule has 0 N–H and O–H groups in total. The Morgan fingerprint density at radius 3 is 2.31 bits per heavy atom. The van der Waals surface area contributed by atoms with Gasteiger partial charge in [0.1, 0.15) is 6.10 Å². The predicted molar refractivity (Wildman–Crippen MR) is 47.7 cm³/mol. The van der Waals surface area contributed by atoms with Crippen LogP contribution in [0, 0.1) is 5.41 Å². The molecular weight excluding hydrogens is 168 g/mol. The van der Waals surface area contributed by atoms with E-state index in [1.165, 1.54) is 6.42 Å². The van der Waals surface area contributed by atoms with E-state index in [-0.39, 0.29) is 6.15 Å². The van der Waals surface area contributed by atoms with Crippen molar-refractivity contribution in [2.24, 2.45) is 5.41 Å². The van der Waals surface area contributed by atoms with E-state index < -0.39 is 0 Å². The minimum atomic E-state index is 0.250. The summed E-state index contributed by atoms with van der Waals surface area (Å²) in [4.78, 5) is 16.2. The Kier molecular flexibility index (Phi) is 5.09. The molecule has 1 aliphatic heterocycles. The lowest BCUT2D eigenvalue weighted by molar-refractivity contribution is -0.191. The van der Waals surface area contributed by atoms with Gasteiger partial charge in [0, 0.05) is 5.41 Å². The third-order valence-electron chi connectivity index (χ3n) is 2.56. The molecule has 0 aliphatic carbocycles. The van der Waals surface area contributed by atoms with E-state index in [2.05, 4.69) is 26.8 Å². The van der Waals surface area contributed by atoms with Crippen molar-refractivity contribution >= 4 is 6.15 Å². The van der Waals surface area contributed by atoms with Crippen LogP contribution in [0.4, 0.5) is 0 Å². The lowest BCUT2D eigenvalue weighted by atomic mass is 9.82. The Labute approximate surface area is 78.8 Å². The summed E-state index contributed by atoms with van der Waals surface area (Å²) < 4.78 is 5.43. The Morgan fingerprint density at radius 2 is 2.00 bits per heavy atom. The third kappa shape index (κ3) is 3.03. The van der Waals surface area contributed by atoms with Crippen molar-refractivity contribution in [3.63, 3.8) is 0 Å². The first-order valence-corrected chi connectivity index (χ1v) is 4.47. The fourth-order valence-corrected chi connectivity index (χ4v) is 1.46. The van der Waals surface area contributed by atoms with Crippen molar-refractivity contribution in [2.75, 3.05) is 0 Å². The van der Waals surface area contributed by atoms with Crippen LogP contribution in [0.3, 0.4) is 0 Å². The number of carbonyl (C=O) groups excluding carboxylic acids is 2. The fourth-order valence-electron chi connectivity index (χ4n) is 1.46. The minimum absolute atomic E-state index is 0.250. The summed E-state index contributed by atoms with van der Waals surface area (Å²) in [6, 6.07) is 0. The van der Waals surface area contributed by atoms with Crippen LogP contribution in [-0.4, -0.2) is 12.3 Å². The third-order valence-corrected chi connectivity index (χ3v) is 2.56. The van der Waals surface area contributed by atoms with Gasteiger partial charge >= 0.3 is 6.15 Å². The van der Waals surface area contributed by atoms with Crippen LogP contribution in [0.1, 0.15) is 33.6 Å². The molecule has 0 aromatic carbocycles. The van der Waals surface area contributed by atoms with Gasteiger partial charge in [-0.15, -0.1) is 0 Å². The highest BCUT2D eigenvalue weighted by molar-refractivity contribution is 5.20.